The van der Waals surface area contributed by atoms with Crippen LogP contribution >= 0.6 is 0 Å². The van der Waals surface area contributed by atoms with Crippen LogP contribution in [0.4, 0.5) is 0 Å². The average Bonchev–Trinajstić information content (AvgIpc) is 2.26. The van der Waals surface area contributed by atoms with E-state index in [2.05, 4.69) is 5.32 Å². The molecule has 4 fully saturated rings. The fourth-order valence-electron chi connectivity index (χ4n) is 4.80. The molecule has 0 heterocycles. The number of rotatable bonds is 3. The minimum Gasteiger partial charge on any atom is -0.480 e. The first kappa shape index (κ1) is 12.0. The SMILES string of the molecule is C[C@H](NC(=O)C12CC3CC(CC(C3)C1)C2)C(=O)O. The first-order valence-electron chi connectivity index (χ1n) is 7.02. The number of carbonyl (C=O) groups is 2. The molecular weight excluding hydrogens is 230 g/mol. The third-order valence-corrected chi connectivity index (χ3v) is 5.24. The number of hydrogen-bond acceptors (Lipinski definition) is 2. The van der Waals surface area contributed by atoms with Crippen LogP contribution in [-0.4, -0.2) is 23.0 Å². The predicted octanol–water partition coefficient (Wildman–Crippen LogP) is 1.79. The Bertz CT molecular complexity index is 355. The molecule has 100 valence electrons. The van der Waals surface area contributed by atoms with Crippen molar-refractivity contribution in [2.45, 2.75) is 51.5 Å². The van der Waals surface area contributed by atoms with Gasteiger partial charge >= 0.3 is 5.97 Å². The number of carboxylic acid groups (broad SMARTS) is 1. The van der Waals surface area contributed by atoms with Gasteiger partial charge in [-0.15, -0.1) is 0 Å². The van der Waals surface area contributed by atoms with E-state index in [1.54, 1.807) is 6.92 Å². The maximum absolute atomic E-state index is 12.4. The zero-order valence-corrected chi connectivity index (χ0v) is 10.8. The Morgan fingerprint density at radius 3 is 1.94 bits per heavy atom. The molecule has 4 rings (SSSR count). The van der Waals surface area contributed by atoms with Crippen LogP contribution in [0.3, 0.4) is 0 Å². The summed E-state index contributed by atoms with van der Waals surface area (Å²) in [6, 6.07) is -0.773. The van der Waals surface area contributed by atoms with E-state index in [4.69, 9.17) is 5.11 Å². The third kappa shape index (κ3) is 1.82. The monoisotopic (exact) mass is 251 g/mol. The van der Waals surface area contributed by atoms with E-state index < -0.39 is 12.0 Å². The van der Waals surface area contributed by atoms with Crippen LogP contribution in [0.1, 0.15) is 45.4 Å². The molecule has 0 spiro atoms. The number of carboxylic acids is 1. The maximum atomic E-state index is 12.4. The van der Waals surface area contributed by atoms with Crippen molar-refractivity contribution in [2.75, 3.05) is 0 Å². The first-order valence-corrected chi connectivity index (χ1v) is 7.02. The largest absolute Gasteiger partial charge is 0.480 e. The summed E-state index contributed by atoms with van der Waals surface area (Å²) in [5.41, 5.74) is -0.238. The molecule has 0 aromatic rings. The van der Waals surface area contributed by atoms with E-state index in [-0.39, 0.29) is 11.3 Å². The Morgan fingerprint density at radius 1 is 1.11 bits per heavy atom. The lowest BCUT2D eigenvalue weighted by atomic mass is 9.49. The van der Waals surface area contributed by atoms with Crippen molar-refractivity contribution in [3.05, 3.63) is 0 Å². The summed E-state index contributed by atoms with van der Waals surface area (Å²) >= 11 is 0. The number of amides is 1. The Morgan fingerprint density at radius 2 is 1.56 bits per heavy atom. The topological polar surface area (TPSA) is 66.4 Å². The molecule has 4 aliphatic carbocycles. The summed E-state index contributed by atoms with van der Waals surface area (Å²) < 4.78 is 0. The third-order valence-electron chi connectivity index (χ3n) is 5.24. The number of nitrogens with one attached hydrogen (secondary N) is 1. The van der Waals surface area contributed by atoms with Crippen molar-refractivity contribution in [3.63, 3.8) is 0 Å². The predicted molar refractivity (Wildman–Crippen MR) is 65.8 cm³/mol. The van der Waals surface area contributed by atoms with Crippen LogP contribution < -0.4 is 5.32 Å². The maximum Gasteiger partial charge on any atom is 0.325 e. The summed E-state index contributed by atoms with van der Waals surface area (Å²) in [7, 11) is 0. The molecule has 4 bridgehead atoms. The standard InChI is InChI=1S/C14H21NO3/c1-8(12(16)17)15-13(18)14-5-9-2-10(6-14)4-11(3-9)7-14/h8-11H,2-7H2,1H3,(H,15,18)(H,16,17)/t8-,9?,10?,11?,14?/m0/s1. The molecule has 0 aliphatic heterocycles. The van der Waals surface area contributed by atoms with Gasteiger partial charge < -0.3 is 10.4 Å². The molecule has 0 radical (unpaired) electrons. The van der Waals surface area contributed by atoms with Gasteiger partial charge in [0.2, 0.25) is 5.91 Å². The fourth-order valence-corrected chi connectivity index (χ4v) is 4.80. The second kappa shape index (κ2) is 3.97. The smallest absolute Gasteiger partial charge is 0.325 e. The summed E-state index contributed by atoms with van der Waals surface area (Å²) in [5.74, 6) is 1.18. The Balaban J connectivity index is 1.75. The molecule has 0 aromatic heterocycles. The van der Waals surface area contributed by atoms with E-state index in [1.165, 1.54) is 19.3 Å². The van der Waals surface area contributed by atoms with Gasteiger partial charge in [-0.25, -0.2) is 0 Å². The number of aliphatic carboxylic acids is 1. The second-order valence-electron chi connectivity index (χ2n) is 6.73. The number of hydrogen-bond donors (Lipinski definition) is 2. The molecule has 1 amide bonds. The molecule has 4 nitrogen and oxygen atoms in total. The highest BCUT2D eigenvalue weighted by Gasteiger charge is 2.54. The molecule has 4 aliphatic rings. The van der Waals surface area contributed by atoms with Crippen molar-refractivity contribution in [3.8, 4) is 0 Å². The zero-order chi connectivity index (χ0) is 12.9. The van der Waals surface area contributed by atoms with Crippen LogP contribution in [0.25, 0.3) is 0 Å². The fraction of sp³-hybridized carbons (Fsp3) is 0.857. The van der Waals surface area contributed by atoms with Crippen LogP contribution in [0.15, 0.2) is 0 Å². The van der Waals surface area contributed by atoms with E-state index >= 15 is 0 Å². The minimum atomic E-state index is -0.951. The van der Waals surface area contributed by atoms with Crippen molar-refractivity contribution in [1.82, 2.24) is 5.32 Å². The van der Waals surface area contributed by atoms with Crippen molar-refractivity contribution < 1.29 is 14.7 Å². The van der Waals surface area contributed by atoms with E-state index in [0.717, 1.165) is 19.3 Å². The molecule has 0 saturated heterocycles. The molecular formula is C14H21NO3. The Kier molecular flexibility index (Phi) is 2.65. The highest BCUT2D eigenvalue weighted by Crippen LogP contribution is 2.60. The van der Waals surface area contributed by atoms with Gasteiger partial charge in [0, 0.05) is 5.41 Å². The van der Waals surface area contributed by atoms with Crippen molar-refractivity contribution in [1.29, 1.82) is 0 Å². The van der Waals surface area contributed by atoms with Crippen LogP contribution in [0.2, 0.25) is 0 Å². The average molecular weight is 251 g/mol. The molecule has 4 saturated carbocycles. The van der Waals surface area contributed by atoms with Gasteiger partial charge in [0.25, 0.3) is 0 Å². The molecule has 2 N–H and O–H groups in total. The molecule has 0 unspecified atom stereocenters. The Hall–Kier alpha value is -1.06. The highest BCUT2D eigenvalue weighted by atomic mass is 16.4. The zero-order valence-electron chi connectivity index (χ0n) is 10.8. The van der Waals surface area contributed by atoms with E-state index in [1.807, 2.05) is 0 Å². The molecule has 4 heteroatoms. The quantitative estimate of drug-likeness (QED) is 0.803. The molecule has 0 aromatic carbocycles. The van der Waals surface area contributed by atoms with Crippen LogP contribution in [0.5, 0.6) is 0 Å². The first-order chi connectivity index (χ1) is 8.48. The lowest BCUT2D eigenvalue weighted by Crippen LogP contribution is -2.55. The summed E-state index contributed by atoms with van der Waals surface area (Å²) in [5, 5.41) is 11.6. The summed E-state index contributed by atoms with van der Waals surface area (Å²) in [6.07, 6.45) is 6.83. The van der Waals surface area contributed by atoms with Gasteiger partial charge in [-0.1, -0.05) is 0 Å². The van der Waals surface area contributed by atoms with Crippen LogP contribution in [-0.2, 0) is 9.59 Å². The second-order valence-corrected chi connectivity index (χ2v) is 6.73. The minimum absolute atomic E-state index is 0.00324. The van der Waals surface area contributed by atoms with Gasteiger partial charge in [0.05, 0.1) is 0 Å². The van der Waals surface area contributed by atoms with Gasteiger partial charge in [-0.2, -0.15) is 0 Å². The van der Waals surface area contributed by atoms with Gasteiger partial charge in [-0.3, -0.25) is 9.59 Å². The van der Waals surface area contributed by atoms with Crippen molar-refractivity contribution >= 4 is 11.9 Å². The van der Waals surface area contributed by atoms with Crippen LogP contribution in [0, 0.1) is 23.2 Å². The lowest BCUT2D eigenvalue weighted by molar-refractivity contribution is -0.151. The van der Waals surface area contributed by atoms with Crippen molar-refractivity contribution in [2.24, 2.45) is 23.2 Å². The van der Waals surface area contributed by atoms with Gasteiger partial charge in [0.1, 0.15) is 6.04 Å². The van der Waals surface area contributed by atoms with E-state index in [9.17, 15) is 9.59 Å². The van der Waals surface area contributed by atoms with E-state index in [0.29, 0.717) is 17.8 Å². The normalized spacial score (nSPS) is 42.6. The molecule has 1 atom stereocenters. The van der Waals surface area contributed by atoms with Gasteiger partial charge in [0.15, 0.2) is 0 Å². The van der Waals surface area contributed by atoms with Gasteiger partial charge in [-0.05, 0) is 63.2 Å². The summed E-state index contributed by atoms with van der Waals surface area (Å²) in [4.78, 5) is 23.3. The molecule has 18 heavy (non-hydrogen) atoms. The Labute approximate surface area is 107 Å². The highest BCUT2D eigenvalue weighted by molar-refractivity contribution is 5.87. The summed E-state index contributed by atoms with van der Waals surface area (Å²) in [6.45, 7) is 1.54. The lowest BCUT2D eigenvalue weighted by Gasteiger charge is -2.55. The number of carbonyl (C=O) groups excluding carboxylic acids is 1.